The van der Waals surface area contributed by atoms with Crippen LogP contribution in [-0.4, -0.2) is 14.4 Å². The smallest absolute Gasteiger partial charge is 0.155 e. The Hall–Kier alpha value is -0.860. The van der Waals surface area contributed by atoms with Crippen molar-refractivity contribution >= 4 is 61.5 Å². The van der Waals surface area contributed by atoms with Crippen molar-refractivity contribution in [1.29, 1.82) is 0 Å². The average Bonchev–Trinajstić information content (AvgIpc) is 2.80. The van der Waals surface area contributed by atoms with Gasteiger partial charge in [0, 0.05) is 20.5 Å². The molecular weight excluding hydrogens is 454 g/mol. The Bertz CT molecular complexity index is 774. The zero-order chi connectivity index (χ0) is 14.1. The summed E-state index contributed by atoms with van der Waals surface area (Å²) in [5.41, 5.74) is 2.95. The summed E-state index contributed by atoms with van der Waals surface area (Å²) in [5.74, 6) is 0. The van der Waals surface area contributed by atoms with E-state index in [1.54, 1.807) is 6.20 Å². The largest absolute Gasteiger partial charge is 0.379 e. The van der Waals surface area contributed by atoms with Crippen LogP contribution in [0.1, 0.15) is 5.69 Å². The SMILES string of the molecule is Clc1ccc(NCc2cnc3cnc(Br)cn23)c(I)c1. The summed E-state index contributed by atoms with van der Waals surface area (Å²) < 4.78 is 3.88. The van der Waals surface area contributed by atoms with Gasteiger partial charge in [0.2, 0.25) is 0 Å². The summed E-state index contributed by atoms with van der Waals surface area (Å²) in [4.78, 5) is 8.49. The number of nitrogens with one attached hydrogen (secondary N) is 1. The molecule has 0 aliphatic carbocycles. The first-order chi connectivity index (χ1) is 9.63. The highest BCUT2D eigenvalue weighted by molar-refractivity contribution is 14.1. The topological polar surface area (TPSA) is 42.2 Å². The van der Waals surface area contributed by atoms with E-state index < -0.39 is 0 Å². The summed E-state index contributed by atoms with van der Waals surface area (Å²) in [7, 11) is 0. The van der Waals surface area contributed by atoms with Crippen LogP contribution < -0.4 is 5.32 Å². The van der Waals surface area contributed by atoms with Crippen molar-refractivity contribution in [2.24, 2.45) is 0 Å². The molecular formula is C13H9BrClIN4. The maximum Gasteiger partial charge on any atom is 0.155 e. The molecule has 0 aliphatic rings. The van der Waals surface area contributed by atoms with Crippen molar-refractivity contribution in [3.8, 4) is 0 Å². The van der Waals surface area contributed by atoms with E-state index in [0.29, 0.717) is 6.54 Å². The second kappa shape index (κ2) is 5.87. The monoisotopic (exact) mass is 462 g/mol. The van der Waals surface area contributed by atoms with Gasteiger partial charge in [0.15, 0.2) is 5.65 Å². The lowest BCUT2D eigenvalue weighted by atomic mass is 10.3. The first-order valence-corrected chi connectivity index (χ1v) is 8.05. The molecule has 4 nitrogen and oxygen atoms in total. The minimum absolute atomic E-state index is 0.676. The first kappa shape index (κ1) is 14.1. The van der Waals surface area contributed by atoms with Gasteiger partial charge in [0.1, 0.15) is 4.60 Å². The molecule has 0 unspecified atom stereocenters. The maximum absolute atomic E-state index is 5.95. The summed E-state index contributed by atoms with van der Waals surface area (Å²) in [6.45, 7) is 0.676. The minimum atomic E-state index is 0.676. The van der Waals surface area contributed by atoms with Crippen LogP contribution in [0.15, 0.2) is 41.4 Å². The van der Waals surface area contributed by atoms with Crippen molar-refractivity contribution in [3.05, 3.63) is 55.7 Å². The van der Waals surface area contributed by atoms with Gasteiger partial charge in [-0.05, 0) is 56.7 Å². The quantitative estimate of drug-likeness (QED) is 0.587. The van der Waals surface area contributed by atoms with Crippen molar-refractivity contribution in [2.75, 3.05) is 5.32 Å². The molecule has 20 heavy (non-hydrogen) atoms. The molecule has 1 aromatic carbocycles. The van der Waals surface area contributed by atoms with E-state index in [9.17, 15) is 0 Å². The Morgan fingerprint density at radius 1 is 1.30 bits per heavy atom. The van der Waals surface area contributed by atoms with E-state index in [1.807, 2.05) is 35.0 Å². The predicted molar refractivity (Wildman–Crippen MR) is 92.2 cm³/mol. The summed E-state index contributed by atoms with van der Waals surface area (Å²) in [6.07, 6.45) is 5.49. The number of rotatable bonds is 3. The molecule has 0 spiro atoms. The van der Waals surface area contributed by atoms with Gasteiger partial charge in [-0.2, -0.15) is 0 Å². The highest BCUT2D eigenvalue weighted by Gasteiger charge is 2.05. The molecule has 0 amide bonds. The van der Waals surface area contributed by atoms with Crippen LogP contribution in [0.4, 0.5) is 5.69 Å². The number of hydrogen-bond donors (Lipinski definition) is 1. The van der Waals surface area contributed by atoms with Crippen LogP contribution in [0.3, 0.4) is 0 Å². The molecule has 0 aliphatic heterocycles. The highest BCUT2D eigenvalue weighted by Crippen LogP contribution is 2.23. The molecule has 0 radical (unpaired) electrons. The van der Waals surface area contributed by atoms with Gasteiger partial charge in [-0.1, -0.05) is 11.6 Å². The Morgan fingerprint density at radius 2 is 2.15 bits per heavy atom. The van der Waals surface area contributed by atoms with Crippen LogP contribution in [0, 0.1) is 3.57 Å². The Labute approximate surface area is 142 Å². The molecule has 0 saturated heterocycles. The van der Waals surface area contributed by atoms with Gasteiger partial charge in [-0.3, -0.25) is 4.40 Å². The number of aromatic nitrogens is 3. The van der Waals surface area contributed by atoms with Crippen molar-refractivity contribution < 1.29 is 0 Å². The summed E-state index contributed by atoms with van der Waals surface area (Å²) in [6, 6.07) is 5.78. The fourth-order valence-electron chi connectivity index (χ4n) is 1.87. The zero-order valence-corrected chi connectivity index (χ0v) is 14.6. The predicted octanol–water partition coefficient (Wildman–Crippen LogP) is 4.36. The normalized spacial score (nSPS) is 10.9. The molecule has 0 atom stereocenters. The fraction of sp³-hybridized carbons (Fsp3) is 0.0769. The Morgan fingerprint density at radius 3 is 2.95 bits per heavy atom. The third-order valence-electron chi connectivity index (χ3n) is 2.83. The van der Waals surface area contributed by atoms with Crippen molar-refractivity contribution in [2.45, 2.75) is 6.54 Å². The standard InChI is InChI=1S/C13H9BrClIN4/c14-12-7-20-9(5-19-13(20)6-18-12)4-17-11-2-1-8(15)3-10(11)16/h1-3,5-7,17H,4H2. The average molecular weight is 464 g/mol. The Balaban J connectivity index is 1.85. The van der Waals surface area contributed by atoms with E-state index >= 15 is 0 Å². The first-order valence-electron chi connectivity index (χ1n) is 5.80. The molecule has 0 fully saturated rings. The third-order valence-corrected chi connectivity index (χ3v) is 4.37. The van der Waals surface area contributed by atoms with E-state index in [0.717, 1.165) is 30.2 Å². The third kappa shape index (κ3) is 2.91. The van der Waals surface area contributed by atoms with Crippen LogP contribution in [-0.2, 0) is 6.54 Å². The fourth-order valence-corrected chi connectivity index (χ4v) is 3.23. The van der Waals surface area contributed by atoms with Gasteiger partial charge >= 0.3 is 0 Å². The van der Waals surface area contributed by atoms with E-state index in [4.69, 9.17) is 11.6 Å². The van der Waals surface area contributed by atoms with Crippen LogP contribution >= 0.6 is 50.1 Å². The number of hydrogen-bond acceptors (Lipinski definition) is 3. The lowest BCUT2D eigenvalue weighted by Gasteiger charge is -2.08. The molecule has 3 aromatic rings. The lowest BCUT2D eigenvalue weighted by Crippen LogP contribution is -2.04. The van der Waals surface area contributed by atoms with Gasteiger partial charge in [0.25, 0.3) is 0 Å². The van der Waals surface area contributed by atoms with Crippen molar-refractivity contribution in [1.82, 2.24) is 14.4 Å². The van der Waals surface area contributed by atoms with Crippen LogP contribution in [0.5, 0.6) is 0 Å². The number of imidazole rings is 1. The zero-order valence-electron chi connectivity index (χ0n) is 10.1. The summed E-state index contributed by atoms with van der Waals surface area (Å²) >= 11 is 11.6. The lowest BCUT2D eigenvalue weighted by molar-refractivity contribution is 0.982. The number of nitrogens with zero attached hydrogens (tertiary/aromatic N) is 3. The molecule has 1 N–H and O–H groups in total. The van der Waals surface area contributed by atoms with Gasteiger partial charge < -0.3 is 5.32 Å². The van der Waals surface area contributed by atoms with E-state index in [1.165, 1.54) is 0 Å². The number of halogens is 3. The van der Waals surface area contributed by atoms with Crippen molar-refractivity contribution in [3.63, 3.8) is 0 Å². The number of fused-ring (bicyclic) bond motifs is 1. The molecule has 0 saturated carbocycles. The van der Waals surface area contributed by atoms with Crippen LogP contribution in [0.25, 0.3) is 5.65 Å². The molecule has 0 bridgehead atoms. The van der Waals surface area contributed by atoms with Gasteiger partial charge in [-0.15, -0.1) is 0 Å². The summed E-state index contributed by atoms with van der Waals surface area (Å²) in [5, 5.41) is 4.13. The van der Waals surface area contributed by atoms with Gasteiger partial charge in [0.05, 0.1) is 24.6 Å². The molecule has 2 aromatic heterocycles. The minimum Gasteiger partial charge on any atom is -0.379 e. The van der Waals surface area contributed by atoms with Gasteiger partial charge in [-0.25, -0.2) is 9.97 Å². The van der Waals surface area contributed by atoms with E-state index in [2.05, 4.69) is 53.8 Å². The number of benzene rings is 1. The highest BCUT2D eigenvalue weighted by atomic mass is 127. The second-order valence-corrected chi connectivity index (χ2v) is 6.58. The second-order valence-electron chi connectivity index (χ2n) is 4.17. The molecule has 3 rings (SSSR count). The molecule has 7 heteroatoms. The molecule has 2 heterocycles. The molecule has 102 valence electrons. The number of anilines is 1. The Kier molecular flexibility index (Phi) is 4.13. The maximum atomic E-state index is 5.95. The van der Waals surface area contributed by atoms with Crippen LogP contribution in [0.2, 0.25) is 5.02 Å². The van der Waals surface area contributed by atoms with E-state index in [-0.39, 0.29) is 0 Å².